The molecule has 3 nitrogen and oxygen atoms in total. The molecule has 3 N–H and O–H groups in total. The largest absolute Gasteiger partial charge is 0.453 e. The minimum absolute atomic E-state index is 0.431. The summed E-state index contributed by atoms with van der Waals surface area (Å²) in [6.07, 6.45) is 0. The van der Waals surface area contributed by atoms with Gasteiger partial charge in [0.2, 0.25) is 0 Å². The van der Waals surface area contributed by atoms with Gasteiger partial charge in [-0.2, -0.15) is 0 Å². The van der Waals surface area contributed by atoms with Crippen LogP contribution in [0.15, 0.2) is 42.5 Å². The number of hydrogen-bond donors (Lipinski definition) is 2. The monoisotopic (exact) mass is 240 g/mol. The fourth-order valence-corrected chi connectivity index (χ4v) is 2.17. The zero-order valence-electron chi connectivity index (χ0n) is 10.5. The van der Waals surface area contributed by atoms with Gasteiger partial charge in [0, 0.05) is 11.1 Å². The van der Waals surface area contributed by atoms with Gasteiger partial charge in [0.25, 0.3) is 0 Å². The number of para-hydroxylation sites is 3. The molecule has 0 aliphatic carbocycles. The average Bonchev–Trinajstić information content (AvgIpc) is 2.34. The molecular weight excluding hydrogens is 224 g/mol. The van der Waals surface area contributed by atoms with Gasteiger partial charge >= 0.3 is 0 Å². The first-order chi connectivity index (χ1) is 8.55. The highest BCUT2D eigenvalue weighted by molar-refractivity contribution is 5.77. The number of hydrogen-bond acceptors (Lipinski definition) is 3. The first kappa shape index (κ1) is 11.1. The maximum absolute atomic E-state index is 6.19. The second-order valence-corrected chi connectivity index (χ2v) is 5.13. The van der Waals surface area contributed by atoms with Crippen LogP contribution in [0, 0.1) is 0 Å². The Morgan fingerprint density at radius 3 is 2.50 bits per heavy atom. The molecule has 2 aromatic rings. The zero-order valence-corrected chi connectivity index (χ0v) is 10.5. The van der Waals surface area contributed by atoms with E-state index >= 15 is 0 Å². The summed E-state index contributed by atoms with van der Waals surface area (Å²) >= 11 is 0. The van der Waals surface area contributed by atoms with Crippen LogP contribution in [0.5, 0.6) is 11.5 Å². The van der Waals surface area contributed by atoms with Crippen molar-refractivity contribution in [3.8, 4) is 11.5 Å². The molecule has 0 spiro atoms. The zero-order chi connectivity index (χ0) is 12.8. The molecule has 3 rings (SSSR count). The van der Waals surface area contributed by atoms with Crippen molar-refractivity contribution < 1.29 is 4.74 Å². The maximum Gasteiger partial charge on any atom is 0.155 e. The van der Waals surface area contributed by atoms with Crippen LogP contribution in [0.1, 0.15) is 19.4 Å². The van der Waals surface area contributed by atoms with E-state index in [0.717, 1.165) is 28.4 Å². The molecule has 1 aliphatic heterocycles. The minimum Gasteiger partial charge on any atom is -0.453 e. The maximum atomic E-state index is 6.19. The van der Waals surface area contributed by atoms with Gasteiger partial charge in [-0.25, -0.2) is 0 Å². The topological polar surface area (TPSA) is 47.3 Å². The number of rotatable bonds is 1. The predicted octanol–water partition coefficient (Wildman–Crippen LogP) is 3.73. The number of anilines is 2. The van der Waals surface area contributed by atoms with Crippen molar-refractivity contribution in [1.29, 1.82) is 0 Å². The van der Waals surface area contributed by atoms with E-state index in [-0.39, 0.29) is 0 Å². The Labute approximate surface area is 107 Å². The van der Waals surface area contributed by atoms with Crippen molar-refractivity contribution in [2.75, 3.05) is 5.32 Å². The number of fused-ring (bicyclic) bond motifs is 2. The quantitative estimate of drug-likeness (QED) is 0.681. The Bertz CT molecular complexity index is 600. The molecule has 0 saturated heterocycles. The van der Waals surface area contributed by atoms with Gasteiger partial charge in [0.05, 0.1) is 11.4 Å². The van der Waals surface area contributed by atoms with Crippen molar-refractivity contribution in [3.63, 3.8) is 0 Å². The highest BCUT2D eigenvalue weighted by Gasteiger charge is 2.25. The Hall–Kier alpha value is -2.00. The summed E-state index contributed by atoms with van der Waals surface area (Å²) in [5.74, 6) is 1.66. The van der Waals surface area contributed by atoms with E-state index in [2.05, 4.69) is 5.32 Å². The summed E-state index contributed by atoms with van der Waals surface area (Å²) in [4.78, 5) is 0. The van der Waals surface area contributed by atoms with Gasteiger partial charge < -0.3 is 15.8 Å². The molecule has 0 aromatic heterocycles. The third kappa shape index (κ3) is 1.73. The van der Waals surface area contributed by atoms with Gasteiger partial charge in [0.1, 0.15) is 0 Å². The first-order valence-electron chi connectivity index (χ1n) is 6.02. The molecule has 3 heteroatoms. The second-order valence-electron chi connectivity index (χ2n) is 5.13. The number of benzene rings is 2. The third-order valence-corrected chi connectivity index (χ3v) is 3.08. The van der Waals surface area contributed by atoms with Crippen LogP contribution in [0.4, 0.5) is 11.4 Å². The molecule has 0 atom stereocenters. The summed E-state index contributed by atoms with van der Waals surface area (Å²) in [6, 6.07) is 13.9. The lowest BCUT2D eigenvalue weighted by molar-refractivity contribution is 0.448. The molecular formula is C15H16N2O. The number of nitrogens with one attached hydrogen (secondary N) is 1. The van der Waals surface area contributed by atoms with E-state index < -0.39 is 5.54 Å². The van der Waals surface area contributed by atoms with Gasteiger partial charge in [0.15, 0.2) is 11.5 Å². The summed E-state index contributed by atoms with van der Waals surface area (Å²) in [6.45, 7) is 3.96. The molecule has 0 radical (unpaired) electrons. The standard InChI is InChI=1S/C15H16N2O/c1-15(2,16)10-6-5-8-12-14(10)18-13-9-4-3-7-11(13)17-12/h3-9,17H,16H2,1-2H3. The highest BCUT2D eigenvalue weighted by atomic mass is 16.5. The van der Waals surface area contributed by atoms with Crippen molar-refractivity contribution in [2.45, 2.75) is 19.4 Å². The van der Waals surface area contributed by atoms with Crippen molar-refractivity contribution in [1.82, 2.24) is 0 Å². The molecule has 92 valence electrons. The van der Waals surface area contributed by atoms with E-state index in [1.165, 1.54) is 0 Å². The summed E-state index contributed by atoms with van der Waals surface area (Å²) in [5, 5.41) is 3.37. The first-order valence-corrected chi connectivity index (χ1v) is 6.02. The Morgan fingerprint density at radius 1 is 1.00 bits per heavy atom. The number of nitrogens with two attached hydrogens (primary N) is 1. The van der Waals surface area contributed by atoms with Crippen LogP contribution >= 0.6 is 0 Å². The van der Waals surface area contributed by atoms with Crippen LogP contribution in [-0.2, 0) is 5.54 Å². The van der Waals surface area contributed by atoms with Crippen LogP contribution in [0.25, 0.3) is 0 Å². The lowest BCUT2D eigenvalue weighted by Gasteiger charge is -2.28. The van der Waals surface area contributed by atoms with Gasteiger partial charge in [-0.15, -0.1) is 0 Å². The van der Waals surface area contributed by atoms with E-state index in [1.54, 1.807) is 0 Å². The van der Waals surface area contributed by atoms with E-state index in [0.29, 0.717) is 0 Å². The van der Waals surface area contributed by atoms with Gasteiger partial charge in [-0.05, 0) is 32.0 Å². The lowest BCUT2D eigenvalue weighted by Crippen LogP contribution is -2.29. The fourth-order valence-electron chi connectivity index (χ4n) is 2.17. The fraction of sp³-hybridized carbons (Fsp3) is 0.200. The SMILES string of the molecule is CC(C)(N)c1cccc2c1Oc1ccccc1N2. The van der Waals surface area contributed by atoms with Crippen LogP contribution in [0.3, 0.4) is 0 Å². The van der Waals surface area contributed by atoms with E-state index in [9.17, 15) is 0 Å². The summed E-state index contributed by atoms with van der Waals surface area (Å²) in [7, 11) is 0. The molecule has 1 heterocycles. The molecule has 1 aliphatic rings. The lowest BCUT2D eigenvalue weighted by atomic mass is 9.93. The minimum atomic E-state index is -0.431. The second kappa shape index (κ2) is 3.75. The highest BCUT2D eigenvalue weighted by Crippen LogP contribution is 2.45. The summed E-state index contributed by atoms with van der Waals surface area (Å²) in [5.41, 5.74) is 8.71. The molecule has 2 aromatic carbocycles. The Morgan fingerprint density at radius 2 is 1.72 bits per heavy atom. The number of ether oxygens (including phenoxy) is 1. The van der Waals surface area contributed by atoms with Crippen molar-refractivity contribution in [3.05, 3.63) is 48.0 Å². The van der Waals surface area contributed by atoms with Crippen molar-refractivity contribution >= 4 is 11.4 Å². The van der Waals surface area contributed by atoms with Gasteiger partial charge in [-0.1, -0.05) is 24.3 Å². The van der Waals surface area contributed by atoms with Crippen molar-refractivity contribution in [2.24, 2.45) is 5.73 Å². The van der Waals surface area contributed by atoms with E-state index in [4.69, 9.17) is 10.5 Å². The normalized spacial score (nSPS) is 13.1. The average molecular weight is 240 g/mol. The Kier molecular flexibility index (Phi) is 2.31. The summed E-state index contributed by atoms with van der Waals surface area (Å²) < 4.78 is 5.99. The molecule has 0 saturated carbocycles. The Balaban J connectivity index is 2.14. The molecule has 0 amide bonds. The van der Waals surface area contributed by atoms with E-state index in [1.807, 2.05) is 56.3 Å². The predicted molar refractivity (Wildman–Crippen MR) is 73.5 cm³/mol. The van der Waals surface area contributed by atoms with Crippen LogP contribution in [-0.4, -0.2) is 0 Å². The van der Waals surface area contributed by atoms with Crippen LogP contribution < -0.4 is 15.8 Å². The smallest absolute Gasteiger partial charge is 0.155 e. The molecule has 18 heavy (non-hydrogen) atoms. The molecule has 0 bridgehead atoms. The molecule has 0 unspecified atom stereocenters. The van der Waals surface area contributed by atoms with Gasteiger partial charge in [-0.3, -0.25) is 0 Å². The third-order valence-electron chi connectivity index (χ3n) is 3.08. The molecule has 0 fully saturated rings. The van der Waals surface area contributed by atoms with Crippen LogP contribution in [0.2, 0.25) is 0 Å².